The quantitative estimate of drug-likeness (QED) is 0.290. The van der Waals surface area contributed by atoms with E-state index in [-0.39, 0.29) is 0 Å². The molecule has 1 unspecified atom stereocenters. The van der Waals surface area contributed by atoms with E-state index in [2.05, 4.69) is 6.92 Å². The van der Waals surface area contributed by atoms with Crippen molar-refractivity contribution < 1.29 is 14.2 Å². The first-order chi connectivity index (χ1) is 17.1. The summed E-state index contributed by atoms with van der Waals surface area (Å²) in [5.74, 6) is 2.44. The maximum Gasteiger partial charge on any atom is 0.203 e. The van der Waals surface area contributed by atoms with Crippen molar-refractivity contribution in [2.75, 3.05) is 21.3 Å². The molecule has 35 heavy (non-hydrogen) atoms. The SMILES string of the molecule is CCCC1CCc2c(c(-c3cc(OC)c(OC)c(OC)c3)nc3c(-c4ccc(Cl)cc4)cnn23)C1. The predicted octanol–water partition coefficient (Wildman–Crippen LogP) is 6.65. The summed E-state index contributed by atoms with van der Waals surface area (Å²) in [4.78, 5) is 5.23. The van der Waals surface area contributed by atoms with E-state index in [0.29, 0.717) is 28.2 Å². The van der Waals surface area contributed by atoms with E-state index in [1.165, 1.54) is 24.1 Å². The molecule has 0 saturated carbocycles. The van der Waals surface area contributed by atoms with Gasteiger partial charge in [0.2, 0.25) is 5.75 Å². The van der Waals surface area contributed by atoms with Gasteiger partial charge in [0.25, 0.3) is 0 Å². The molecule has 0 spiro atoms. The smallest absolute Gasteiger partial charge is 0.203 e. The van der Waals surface area contributed by atoms with Crippen molar-refractivity contribution >= 4 is 17.2 Å². The Bertz CT molecular complexity index is 1340. The van der Waals surface area contributed by atoms with Gasteiger partial charge in [0.05, 0.1) is 33.2 Å². The molecule has 7 heteroatoms. The monoisotopic (exact) mass is 491 g/mol. The number of aromatic nitrogens is 3. The largest absolute Gasteiger partial charge is 0.493 e. The lowest BCUT2D eigenvalue weighted by atomic mass is 9.82. The number of aryl methyl sites for hydroxylation is 1. The molecule has 0 radical (unpaired) electrons. The summed E-state index contributed by atoms with van der Waals surface area (Å²) in [6.07, 6.45) is 7.40. The predicted molar refractivity (Wildman–Crippen MR) is 139 cm³/mol. The fraction of sp³-hybridized carbons (Fsp3) is 0.357. The number of hydrogen-bond acceptors (Lipinski definition) is 5. The van der Waals surface area contributed by atoms with E-state index in [9.17, 15) is 0 Å². The molecule has 1 atom stereocenters. The van der Waals surface area contributed by atoms with E-state index >= 15 is 0 Å². The van der Waals surface area contributed by atoms with Gasteiger partial charge in [-0.1, -0.05) is 43.5 Å². The van der Waals surface area contributed by atoms with Gasteiger partial charge in [-0.15, -0.1) is 0 Å². The molecule has 4 aromatic rings. The number of hydrogen-bond donors (Lipinski definition) is 0. The average Bonchev–Trinajstić information content (AvgIpc) is 3.32. The molecule has 0 amide bonds. The van der Waals surface area contributed by atoms with Gasteiger partial charge >= 0.3 is 0 Å². The molecule has 0 saturated heterocycles. The van der Waals surface area contributed by atoms with Crippen molar-refractivity contribution in [1.82, 2.24) is 14.6 Å². The van der Waals surface area contributed by atoms with Crippen LogP contribution in [-0.4, -0.2) is 35.9 Å². The third-order valence-corrected chi connectivity index (χ3v) is 7.18. The van der Waals surface area contributed by atoms with Crippen LogP contribution in [-0.2, 0) is 12.8 Å². The zero-order valence-electron chi connectivity index (χ0n) is 20.6. The molecule has 0 N–H and O–H groups in total. The van der Waals surface area contributed by atoms with Gasteiger partial charge in [0.1, 0.15) is 0 Å². The Morgan fingerprint density at radius 3 is 2.34 bits per heavy atom. The second-order valence-corrected chi connectivity index (χ2v) is 9.43. The van der Waals surface area contributed by atoms with Crippen LogP contribution >= 0.6 is 11.6 Å². The fourth-order valence-corrected chi connectivity index (χ4v) is 5.36. The van der Waals surface area contributed by atoms with E-state index in [4.69, 9.17) is 35.9 Å². The first-order valence-electron chi connectivity index (χ1n) is 12.0. The fourth-order valence-electron chi connectivity index (χ4n) is 5.23. The Morgan fingerprint density at radius 1 is 1.00 bits per heavy atom. The van der Waals surface area contributed by atoms with Crippen LogP contribution in [0.5, 0.6) is 17.2 Å². The Labute approximate surface area is 210 Å². The Kier molecular flexibility index (Phi) is 6.56. The van der Waals surface area contributed by atoms with Gasteiger partial charge in [-0.25, -0.2) is 9.50 Å². The average molecular weight is 492 g/mol. The Balaban J connectivity index is 1.77. The highest BCUT2D eigenvalue weighted by atomic mass is 35.5. The summed E-state index contributed by atoms with van der Waals surface area (Å²) in [6.45, 7) is 2.25. The van der Waals surface area contributed by atoms with Crippen LogP contribution < -0.4 is 14.2 Å². The third-order valence-electron chi connectivity index (χ3n) is 6.92. The molecule has 1 aliphatic carbocycles. The Hall–Kier alpha value is -3.25. The molecule has 182 valence electrons. The van der Waals surface area contributed by atoms with Gasteiger partial charge in [-0.3, -0.25) is 0 Å². The van der Waals surface area contributed by atoms with Gasteiger partial charge in [0, 0.05) is 27.4 Å². The van der Waals surface area contributed by atoms with Crippen molar-refractivity contribution in [1.29, 1.82) is 0 Å². The van der Waals surface area contributed by atoms with Crippen molar-refractivity contribution in [3.8, 4) is 39.6 Å². The highest BCUT2D eigenvalue weighted by Gasteiger charge is 2.27. The zero-order valence-corrected chi connectivity index (χ0v) is 21.4. The molecule has 1 aliphatic rings. The molecule has 2 aromatic carbocycles. The summed E-state index contributed by atoms with van der Waals surface area (Å²) in [6, 6.07) is 11.8. The summed E-state index contributed by atoms with van der Waals surface area (Å²) in [7, 11) is 4.90. The minimum atomic E-state index is 0.573. The number of nitrogens with zero attached hydrogens (tertiary/aromatic N) is 3. The highest BCUT2D eigenvalue weighted by molar-refractivity contribution is 6.30. The topological polar surface area (TPSA) is 57.9 Å². The molecule has 0 bridgehead atoms. The summed E-state index contributed by atoms with van der Waals surface area (Å²) in [5.41, 5.74) is 7.22. The van der Waals surface area contributed by atoms with Gasteiger partial charge < -0.3 is 14.2 Å². The van der Waals surface area contributed by atoms with Gasteiger partial charge in [-0.05, 0) is 55.0 Å². The van der Waals surface area contributed by atoms with Crippen LogP contribution in [0.1, 0.15) is 37.4 Å². The van der Waals surface area contributed by atoms with Crippen LogP contribution in [0.3, 0.4) is 0 Å². The number of benzene rings is 2. The molecule has 6 nitrogen and oxygen atoms in total. The molecule has 2 heterocycles. The lowest BCUT2D eigenvalue weighted by Gasteiger charge is -2.27. The lowest BCUT2D eigenvalue weighted by Crippen LogP contribution is -2.20. The lowest BCUT2D eigenvalue weighted by molar-refractivity contribution is 0.324. The molecule has 0 fully saturated rings. The van der Waals surface area contributed by atoms with E-state index in [1.54, 1.807) is 21.3 Å². The highest BCUT2D eigenvalue weighted by Crippen LogP contribution is 2.43. The van der Waals surface area contributed by atoms with E-state index < -0.39 is 0 Å². The van der Waals surface area contributed by atoms with Crippen molar-refractivity contribution in [3.05, 3.63) is 58.9 Å². The van der Waals surface area contributed by atoms with Crippen LogP contribution in [0.15, 0.2) is 42.6 Å². The number of ether oxygens (including phenoxy) is 3. The first-order valence-corrected chi connectivity index (χ1v) is 12.4. The standard InChI is InChI=1S/C28H30ClN3O3/c1-5-6-17-7-12-23-21(13-17)26(19-14-24(33-2)27(35-4)25(15-19)34-3)31-28-22(16-30-32(23)28)18-8-10-20(29)11-9-18/h8-11,14-17H,5-7,12-13H2,1-4H3. The summed E-state index contributed by atoms with van der Waals surface area (Å²) < 4.78 is 18.9. The van der Waals surface area contributed by atoms with Crippen LogP contribution in [0.4, 0.5) is 0 Å². The molecular formula is C28H30ClN3O3. The molecular weight excluding hydrogens is 462 g/mol. The van der Waals surface area contributed by atoms with Crippen LogP contribution in [0, 0.1) is 5.92 Å². The van der Waals surface area contributed by atoms with Crippen molar-refractivity contribution in [2.24, 2.45) is 5.92 Å². The second-order valence-electron chi connectivity index (χ2n) is 9.00. The zero-order chi connectivity index (χ0) is 24.5. The summed E-state index contributed by atoms with van der Waals surface area (Å²) >= 11 is 6.14. The number of rotatable bonds is 7. The number of halogens is 1. The first kappa shape index (κ1) is 23.5. The number of methoxy groups -OCH3 is 3. The molecule has 5 rings (SSSR count). The van der Waals surface area contributed by atoms with Gasteiger partial charge in [0.15, 0.2) is 17.1 Å². The van der Waals surface area contributed by atoms with Crippen LogP contribution in [0.25, 0.3) is 28.0 Å². The minimum absolute atomic E-state index is 0.573. The maximum absolute atomic E-state index is 6.14. The molecule has 0 aliphatic heterocycles. The minimum Gasteiger partial charge on any atom is -0.493 e. The third kappa shape index (κ3) is 4.20. The van der Waals surface area contributed by atoms with Gasteiger partial charge in [-0.2, -0.15) is 5.10 Å². The van der Waals surface area contributed by atoms with E-state index in [0.717, 1.165) is 47.3 Å². The number of fused-ring (bicyclic) bond motifs is 3. The van der Waals surface area contributed by atoms with Crippen molar-refractivity contribution in [2.45, 2.75) is 39.0 Å². The Morgan fingerprint density at radius 2 is 1.71 bits per heavy atom. The maximum atomic E-state index is 6.14. The summed E-state index contributed by atoms with van der Waals surface area (Å²) in [5, 5.41) is 5.49. The van der Waals surface area contributed by atoms with E-state index in [1.807, 2.05) is 47.1 Å². The normalized spacial score (nSPS) is 15.2. The molecule has 2 aromatic heterocycles. The van der Waals surface area contributed by atoms with Crippen molar-refractivity contribution in [3.63, 3.8) is 0 Å². The van der Waals surface area contributed by atoms with Crippen LogP contribution in [0.2, 0.25) is 5.02 Å². The second kappa shape index (κ2) is 9.78.